The molecule has 0 N–H and O–H groups in total. The number of hydrogen-bond donors (Lipinski definition) is 0. The molecule has 1 aliphatic heterocycles. The van der Waals surface area contributed by atoms with Gasteiger partial charge in [-0.25, -0.2) is 14.0 Å². The van der Waals surface area contributed by atoms with Crippen molar-refractivity contribution < 1.29 is 23.5 Å². The molecule has 1 heterocycles. The van der Waals surface area contributed by atoms with Crippen LogP contribution in [0.1, 0.15) is 33.6 Å². The van der Waals surface area contributed by atoms with E-state index in [1.54, 1.807) is 20.8 Å². The number of esters is 1. The smallest absolute Gasteiger partial charge is 0.410 e. The van der Waals surface area contributed by atoms with E-state index in [0.29, 0.717) is 0 Å². The molecule has 0 bridgehead atoms. The second-order valence-corrected chi connectivity index (χ2v) is 5.42. The van der Waals surface area contributed by atoms with Gasteiger partial charge in [-0.05, 0) is 20.8 Å². The third kappa shape index (κ3) is 3.58. The van der Waals surface area contributed by atoms with Gasteiger partial charge in [-0.1, -0.05) is 0 Å². The first-order chi connectivity index (χ1) is 8.18. The zero-order valence-electron chi connectivity index (χ0n) is 11.3. The first-order valence-electron chi connectivity index (χ1n) is 5.93. The van der Waals surface area contributed by atoms with Crippen LogP contribution in [0.3, 0.4) is 0 Å². The van der Waals surface area contributed by atoms with Gasteiger partial charge in [0.1, 0.15) is 5.60 Å². The fourth-order valence-electron chi connectivity index (χ4n) is 1.76. The van der Waals surface area contributed by atoms with E-state index in [1.807, 2.05) is 0 Å². The number of amides is 1. The number of piperidine rings is 1. The Labute approximate surface area is 106 Å². The molecule has 5 nitrogen and oxygen atoms in total. The molecular weight excluding hydrogens is 241 g/mol. The van der Waals surface area contributed by atoms with Crippen molar-refractivity contribution in [3.63, 3.8) is 0 Å². The minimum Gasteiger partial charge on any atom is -0.467 e. The van der Waals surface area contributed by atoms with Crippen molar-refractivity contribution in [1.29, 1.82) is 0 Å². The Hall–Kier alpha value is -1.33. The average Bonchev–Trinajstić information content (AvgIpc) is 2.26. The highest BCUT2D eigenvalue weighted by Gasteiger charge is 2.44. The maximum Gasteiger partial charge on any atom is 0.410 e. The summed E-state index contributed by atoms with van der Waals surface area (Å²) < 4.78 is 23.7. The third-order valence-corrected chi connectivity index (χ3v) is 2.76. The van der Waals surface area contributed by atoms with Gasteiger partial charge in [0.25, 0.3) is 0 Å². The van der Waals surface area contributed by atoms with Crippen molar-refractivity contribution in [3.8, 4) is 0 Å². The Bertz CT molecular complexity index is 329. The van der Waals surface area contributed by atoms with Gasteiger partial charge in [-0.3, -0.25) is 0 Å². The Balaban J connectivity index is 2.54. The summed E-state index contributed by atoms with van der Waals surface area (Å²) in [6.07, 6.45) is -0.591. The maximum atomic E-state index is 14.1. The molecule has 0 radical (unpaired) electrons. The Kier molecular flexibility index (Phi) is 4.19. The van der Waals surface area contributed by atoms with Crippen LogP contribution < -0.4 is 0 Å². The van der Waals surface area contributed by atoms with Gasteiger partial charge in [0.05, 0.1) is 7.11 Å². The number of halogens is 1. The monoisotopic (exact) mass is 261 g/mol. The molecule has 1 aliphatic rings. The molecule has 0 spiro atoms. The number of nitrogens with zero attached hydrogens (tertiary/aromatic N) is 1. The van der Waals surface area contributed by atoms with E-state index in [1.165, 1.54) is 4.90 Å². The van der Waals surface area contributed by atoms with Gasteiger partial charge in [0, 0.05) is 25.9 Å². The molecule has 1 saturated heterocycles. The minimum absolute atomic E-state index is 0.0566. The molecule has 0 aromatic carbocycles. The molecular formula is C12H20FNO4. The summed E-state index contributed by atoms with van der Waals surface area (Å²) >= 11 is 0. The molecule has 0 unspecified atom stereocenters. The van der Waals surface area contributed by atoms with E-state index < -0.39 is 23.3 Å². The molecule has 104 valence electrons. The number of carbonyl (C=O) groups excluding carboxylic acids is 2. The molecule has 0 saturated carbocycles. The lowest BCUT2D eigenvalue weighted by Crippen LogP contribution is -2.49. The second kappa shape index (κ2) is 5.12. The highest BCUT2D eigenvalue weighted by Crippen LogP contribution is 2.28. The van der Waals surface area contributed by atoms with Crippen molar-refractivity contribution in [1.82, 2.24) is 4.90 Å². The molecule has 0 aliphatic carbocycles. The molecule has 1 fully saturated rings. The first kappa shape index (κ1) is 14.7. The topological polar surface area (TPSA) is 55.8 Å². The van der Waals surface area contributed by atoms with Gasteiger partial charge in [-0.15, -0.1) is 0 Å². The lowest BCUT2D eigenvalue weighted by Gasteiger charge is -2.35. The van der Waals surface area contributed by atoms with Crippen molar-refractivity contribution >= 4 is 12.1 Å². The van der Waals surface area contributed by atoms with Crippen LogP contribution in [-0.2, 0) is 14.3 Å². The number of hydrogen-bond acceptors (Lipinski definition) is 4. The summed E-state index contributed by atoms with van der Waals surface area (Å²) in [6, 6.07) is 0. The van der Waals surface area contributed by atoms with Crippen molar-refractivity contribution in [2.45, 2.75) is 44.9 Å². The molecule has 0 aromatic heterocycles. The Morgan fingerprint density at radius 1 is 1.22 bits per heavy atom. The van der Waals surface area contributed by atoms with Crippen molar-refractivity contribution in [2.75, 3.05) is 20.2 Å². The summed E-state index contributed by atoms with van der Waals surface area (Å²) in [5, 5.41) is 0. The number of rotatable bonds is 1. The number of methoxy groups -OCH3 is 1. The summed E-state index contributed by atoms with van der Waals surface area (Å²) in [4.78, 5) is 24.4. The number of likely N-dealkylation sites (tertiary alicyclic amines) is 1. The van der Waals surface area contributed by atoms with E-state index in [0.717, 1.165) is 7.11 Å². The van der Waals surface area contributed by atoms with Gasteiger partial charge in [-0.2, -0.15) is 0 Å². The third-order valence-electron chi connectivity index (χ3n) is 2.76. The van der Waals surface area contributed by atoms with E-state index in [4.69, 9.17) is 4.74 Å². The lowest BCUT2D eigenvalue weighted by molar-refractivity contribution is -0.158. The van der Waals surface area contributed by atoms with E-state index >= 15 is 0 Å². The summed E-state index contributed by atoms with van der Waals surface area (Å²) in [5.41, 5.74) is -2.56. The van der Waals surface area contributed by atoms with E-state index in [-0.39, 0.29) is 25.9 Å². The zero-order chi connectivity index (χ0) is 14.0. The highest BCUT2D eigenvalue weighted by atomic mass is 19.1. The molecule has 18 heavy (non-hydrogen) atoms. The molecule has 0 aromatic rings. The Morgan fingerprint density at radius 3 is 2.11 bits per heavy atom. The number of ether oxygens (including phenoxy) is 2. The first-order valence-corrected chi connectivity index (χ1v) is 5.93. The second-order valence-electron chi connectivity index (χ2n) is 5.42. The molecule has 6 heteroatoms. The summed E-state index contributed by atoms with van der Waals surface area (Å²) in [5.74, 6) is -0.869. The highest BCUT2D eigenvalue weighted by molar-refractivity contribution is 5.80. The minimum atomic E-state index is -1.98. The van der Waals surface area contributed by atoms with Crippen LogP contribution in [0.5, 0.6) is 0 Å². The van der Waals surface area contributed by atoms with Crippen LogP contribution in [0.25, 0.3) is 0 Å². The molecule has 1 rings (SSSR count). The standard InChI is InChI=1S/C12H20FNO4/c1-11(2,3)18-10(16)14-7-5-12(13,6-8-14)9(15)17-4/h5-8H2,1-4H3. The summed E-state index contributed by atoms with van der Waals surface area (Å²) in [6.45, 7) is 5.61. The van der Waals surface area contributed by atoms with Crippen LogP contribution in [0.2, 0.25) is 0 Å². The van der Waals surface area contributed by atoms with E-state index in [9.17, 15) is 14.0 Å². The summed E-state index contributed by atoms with van der Waals surface area (Å²) in [7, 11) is 1.16. The van der Waals surface area contributed by atoms with E-state index in [2.05, 4.69) is 4.74 Å². The maximum absolute atomic E-state index is 14.1. The van der Waals surface area contributed by atoms with Crippen LogP contribution >= 0.6 is 0 Å². The van der Waals surface area contributed by atoms with Gasteiger partial charge in [0.15, 0.2) is 0 Å². The molecule has 1 amide bonds. The van der Waals surface area contributed by atoms with Crippen LogP contribution in [-0.4, -0.2) is 48.4 Å². The van der Waals surface area contributed by atoms with Gasteiger partial charge < -0.3 is 14.4 Å². The molecule has 0 atom stereocenters. The fourth-order valence-corrected chi connectivity index (χ4v) is 1.76. The van der Waals surface area contributed by atoms with Gasteiger partial charge in [0.2, 0.25) is 5.67 Å². The SMILES string of the molecule is COC(=O)C1(F)CCN(C(=O)OC(C)(C)C)CC1. The normalized spacial score (nSPS) is 19.3. The predicted molar refractivity (Wildman–Crippen MR) is 62.9 cm³/mol. The lowest BCUT2D eigenvalue weighted by atomic mass is 9.94. The predicted octanol–water partition coefficient (Wildman–Crippen LogP) is 1.90. The van der Waals surface area contributed by atoms with Crippen molar-refractivity contribution in [2.24, 2.45) is 0 Å². The number of carbonyl (C=O) groups is 2. The van der Waals surface area contributed by atoms with Crippen LogP contribution in [0.4, 0.5) is 9.18 Å². The number of alkyl halides is 1. The average molecular weight is 261 g/mol. The largest absolute Gasteiger partial charge is 0.467 e. The zero-order valence-corrected chi connectivity index (χ0v) is 11.3. The van der Waals surface area contributed by atoms with Crippen LogP contribution in [0.15, 0.2) is 0 Å². The quantitative estimate of drug-likeness (QED) is 0.676. The fraction of sp³-hybridized carbons (Fsp3) is 0.833. The Morgan fingerprint density at radius 2 is 1.72 bits per heavy atom. The van der Waals surface area contributed by atoms with Crippen LogP contribution in [0, 0.1) is 0 Å². The van der Waals surface area contributed by atoms with Gasteiger partial charge >= 0.3 is 12.1 Å². The van der Waals surface area contributed by atoms with Crippen molar-refractivity contribution in [3.05, 3.63) is 0 Å².